The van der Waals surface area contributed by atoms with Crippen LogP contribution in [-0.4, -0.2) is 51.2 Å². The lowest BCUT2D eigenvalue weighted by molar-refractivity contribution is 0.0687. The maximum atomic E-state index is 12.5. The molecule has 116 valence electrons. The number of hydrogen-bond acceptors (Lipinski definition) is 4. The van der Waals surface area contributed by atoms with E-state index in [1.165, 1.54) is 0 Å². The molecule has 1 aromatic rings. The topological polar surface area (TPSA) is 63.1 Å². The fourth-order valence-electron chi connectivity index (χ4n) is 2.61. The molecule has 0 aliphatic carbocycles. The first-order valence-corrected chi connectivity index (χ1v) is 7.77. The van der Waals surface area contributed by atoms with Crippen molar-refractivity contribution >= 4 is 11.6 Å². The number of amides is 1. The summed E-state index contributed by atoms with van der Waals surface area (Å²) >= 11 is 0. The molecule has 1 amide bonds. The first-order chi connectivity index (χ1) is 10.2. The normalized spacial score (nSPS) is 19.9. The molecular formula is C15H25N5O. The van der Waals surface area contributed by atoms with Gasteiger partial charge in [-0.3, -0.25) is 4.79 Å². The number of allylic oxidation sites excluding steroid dienone is 2. The van der Waals surface area contributed by atoms with E-state index in [9.17, 15) is 4.79 Å². The molecule has 2 rings (SSSR count). The van der Waals surface area contributed by atoms with Gasteiger partial charge in [0.15, 0.2) is 0 Å². The average molecular weight is 291 g/mol. The number of carbonyl (C=O) groups excluding carboxylic acids is 1. The van der Waals surface area contributed by atoms with Crippen LogP contribution in [0.5, 0.6) is 0 Å². The number of rotatable bonds is 5. The zero-order valence-electron chi connectivity index (χ0n) is 13.2. The third-order valence-corrected chi connectivity index (χ3v) is 3.72. The van der Waals surface area contributed by atoms with E-state index < -0.39 is 0 Å². The van der Waals surface area contributed by atoms with Crippen LogP contribution in [0.2, 0.25) is 0 Å². The van der Waals surface area contributed by atoms with Gasteiger partial charge in [-0.1, -0.05) is 26.3 Å². The van der Waals surface area contributed by atoms with Crippen molar-refractivity contribution in [2.75, 3.05) is 19.6 Å². The van der Waals surface area contributed by atoms with E-state index >= 15 is 0 Å². The lowest BCUT2D eigenvalue weighted by Crippen LogP contribution is -2.52. The van der Waals surface area contributed by atoms with E-state index in [0.29, 0.717) is 6.04 Å². The second kappa shape index (κ2) is 7.36. The lowest BCUT2D eigenvalue weighted by atomic mass is 10.1. The zero-order valence-corrected chi connectivity index (χ0v) is 13.2. The summed E-state index contributed by atoms with van der Waals surface area (Å²) in [5, 5.41) is 7.75. The van der Waals surface area contributed by atoms with Crippen LogP contribution < -0.4 is 5.32 Å². The summed E-state index contributed by atoms with van der Waals surface area (Å²) in [5.41, 5.74) is 0.994. The van der Waals surface area contributed by atoms with Crippen LogP contribution in [0.15, 0.2) is 12.4 Å². The summed E-state index contributed by atoms with van der Waals surface area (Å²) in [6.45, 7) is 8.50. The van der Waals surface area contributed by atoms with Gasteiger partial charge in [-0.2, -0.15) is 0 Å². The minimum Gasteiger partial charge on any atom is -0.333 e. The van der Waals surface area contributed by atoms with Crippen molar-refractivity contribution < 1.29 is 4.79 Å². The minimum absolute atomic E-state index is 0.0688. The zero-order chi connectivity index (χ0) is 15.2. The third kappa shape index (κ3) is 3.91. The molecule has 0 radical (unpaired) electrons. The van der Waals surface area contributed by atoms with Gasteiger partial charge < -0.3 is 10.2 Å². The molecule has 1 N–H and O–H groups in total. The van der Waals surface area contributed by atoms with Crippen molar-refractivity contribution in [2.45, 2.75) is 46.1 Å². The summed E-state index contributed by atoms with van der Waals surface area (Å²) in [4.78, 5) is 18.5. The second-order valence-electron chi connectivity index (χ2n) is 5.46. The van der Waals surface area contributed by atoms with E-state index in [1.54, 1.807) is 11.0 Å². The average Bonchev–Trinajstić information content (AvgIpc) is 2.97. The molecule has 1 atom stereocenters. The quantitative estimate of drug-likeness (QED) is 0.898. The molecule has 2 heterocycles. The Balaban J connectivity index is 2.04. The van der Waals surface area contributed by atoms with Crippen LogP contribution >= 0.6 is 0 Å². The summed E-state index contributed by atoms with van der Waals surface area (Å²) < 4.78 is 1.67. The summed E-state index contributed by atoms with van der Waals surface area (Å²) in [7, 11) is 0. The monoisotopic (exact) mass is 291 g/mol. The third-order valence-electron chi connectivity index (χ3n) is 3.72. The molecule has 6 heteroatoms. The Morgan fingerprint density at radius 3 is 3.05 bits per heavy atom. The van der Waals surface area contributed by atoms with Gasteiger partial charge in [0.2, 0.25) is 5.82 Å². The Morgan fingerprint density at radius 2 is 2.33 bits per heavy atom. The van der Waals surface area contributed by atoms with Crippen molar-refractivity contribution in [1.82, 2.24) is 25.0 Å². The SMILES string of the molecule is CCC=C(C)n1cnc(C(=O)N2CCNC(CCC)C2)n1. The molecule has 0 bridgehead atoms. The smallest absolute Gasteiger partial charge is 0.293 e. The largest absolute Gasteiger partial charge is 0.333 e. The summed E-state index contributed by atoms with van der Waals surface area (Å²) in [6.07, 6.45) is 6.81. The molecule has 1 aromatic heterocycles. The lowest BCUT2D eigenvalue weighted by Gasteiger charge is -2.33. The first-order valence-electron chi connectivity index (χ1n) is 7.77. The molecule has 1 aliphatic rings. The molecule has 6 nitrogen and oxygen atoms in total. The van der Waals surface area contributed by atoms with Crippen LogP contribution in [0.1, 0.15) is 50.7 Å². The Labute approximate surface area is 126 Å². The Bertz CT molecular complexity index is 506. The number of piperazine rings is 1. The Kier molecular flexibility index (Phi) is 5.50. The fourth-order valence-corrected chi connectivity index (χ4v) is 2.61. The predicted octanol–water partition coefficient (Wildman–Crippen LogP) is 1.76. The fraction of sp³-hybridized carbons (Fsp3) is 0.667. The van der Waals surface area contributed by atoms with E-state index in [1.807, 2.05) is 11.8 Å². The highest BCUT2D eigenvalue weighted by atomic mass is 16.2. The van der Waals surface area contributed by atoms with E-state index in [-0.39, 0.29) is 11.7 Å². The van der Waals surface area contributed by atoms with Crippen LogP contribution in [0.3, 0.4) is 0 Å². The van der Waals surface area contributed by atoms with Gasteiger partial charge in [0, 0.05) is 31.4 Å². The van der Waals surface area contributed by atoms with Crippen molar-refractivity contribution in [1.29, 1.82) is 0 Å². The van der Waals surface area contributed by atoms with E-state index in [0.717, 1.165) is 44.6 Å². The standard InChI is InChI=1S/C15H25N5O/c1-4-6-12(3)20-11-17-14(18-20)15(21)19-9-8-16-13(10-19)7-5-2/h6,11,13,16H,4-5,7-10H2,1-3H3. The maximum Gasteiger partial charge on any atom is 0.293 e. The van der Waals surface area contributed by atoms with E-state index in [4.69, 9.17) is 0 Å². The summed E-state index contributed by atoms with van der Waals surface area (Å²) in [6, 6.07) is 0.386. The molecule has 1 unspecified atom stereocenters. The van der Waals surface area contributed by atoms with Gasteiger partial charge in [-0.05, 0) is 19.8 Å². The van der Waals surface area contributed by atoms with Crippen molar-refractivity contribution in [3.63, 3.8) is 0 Å². The molecular weight excluding hydrogens is 266 g/mol. The molecule has 1 fully saturated rings. The van der Waals surface area contributed by atoms with Crippen LogP contribution in [0.4, 0.5) is 0 Å². The highest BCUT2D eigenvalue weighted by molar-refractivity contribution is 5.90. The molecule has 1 aliphatic heterocycles. The molecule has 0 saturated carbocycles. The molecule has 1 saturated heterocycles. The first kappa shape index (κ1) is 15.7. The van der Waals surface area contributed by atoms with E-state index in [2.05, 4.69) is 35.3 Å². The molecule has 0 spiro atoms. The van der Waals surface area contributed by atoms with Crippen LogP contribution in [-0.2, 0) is 0 Å². The highest BCUT2D eigenvalue weighted by Gasteiger charge is 2.25. The second-order valence-corrected chi connectivity index (χ2v) is 5.46. The van der Waals surface area contributed by atoms with Crippen LogP contribution in [0.25, 0.3) is 5.70 Å². The van der Waals surface area contributed by atoms with Crippen molar-refractivity contribution in [2.24, 2.45) is 0 Å². The molecule has 0 aromatic carbocycles. The number of nitrogens with one attached hydrogen (secondary N) is 1. The van der Waals surface area contributed by atoms with Gasteiger partial charge in [0.05, 0.1) is 0 Å². The number of aromatic nitrogens is 3. The van der Waals surface area contributed by atoms with Gasteiger partial charge >= 0.3 is 0 Å². The van der Waals surface area contributed by atoms with Crippen molar-refractivity contribution in [3.8, 4) is 0 Å². The Morgan fingerprint density at radius 1 is 1.52 bits per heavy atom. The van der Waals surface area contributed by atoms with Gasteiger partial charge in [-0.25, -0.2) is 9.67 Å². The Hall–Kier alpha value is -1.69. The number of hydrogen-bond donors (Lipinski definition) is 1. The maximum absolute atomic E-state index is 12.5. The van der Waals surface area contributed by atoms with Gasteiger partial charge in [0.1, 0.15) is 6.33 Å². The van der Waals surface area contributed by atoms with Crippen molar-refractivity contribution in [3.05, 3.63) is 18.2 Å². The minimum atomic E-state index is -0.0688. The van der Waals surface area contributed by atoms with Gasteiger partial charge in [-0.15, -0.1) is 5.10 Å². The van der Waals surface area contributed by atoms with Gasteiger partial charge in [0.25, 0.3) is 5.91 Å². The molecule has 21 heavy (non-hydrogen) atoms. The summed E-state index contributed by atoms with van der Waals surface area (Å²) in [5.74, 6) is 0.219. The number of carbonyl (C=O) groups is 1. The van der Waals surface area contributed by atoms with Crippen LogP contribution in [0, 0.1) is 0 Å². The number of nitrogens with zero attached hydrogens (tertiary/aromatic N) is 4. The predicted molar refractivity (Wildman–Crippen MR) is 82.9 cm³/mol. The highest BCUT2D eigenvalue weighted by Crippen LogP contribution is 2.09.